The summed E-state index contributed by atoms with van der Waals surface area (Å²) < 4.78 is 0. The Morgan fingerprint density at radius 2 is 2.07 bits per heavy atom. The molecule has 3 rings (SSSR count). The Hall–Kier alpha value is -1.02. The van der Waals surface area contributed by atoms with Gasteiger partial charge in [-0.3, -0.25) is 0 Å². The van der Waals surface area contributed by atoms with E-state index >= 15 is 0 Å². The summed E-state index contributed by atoms with van der Waals surface area (Å²) in [4.78, 5) is 2.48. The number of hydrogen-bond donors (Lipinski definition) is 1. The summed E-state index contributed by atoms with van der Waals surface area (Å²) in [5.74, 6) is 0. The molecule has 2 fully saturated rings. The minimum atomic E-state index is 0.646. The average Bonchev–Trinajstić information content (AvgIpc) is 2.14. The first-order valence-corrected chi connectivity index (χ1v) is 5.85. The first-order chi connectivity index (χ1) is 7.31. The van der Waals surface area contributed by atoms with Crippen LogP contribution in [0, 0.1) is 5.41 Å². The van der Waals surface area contributed by atoms with E-state index in [1.165, 1.54) is 43.6 Å². The first-order valence-electron chi connectivity index (χ1n) is 5.85. The fourth-order valence-corrected chi connectivity index (χ4v) is 2.82. The lowest BCUT2D eigenvalue weighted by Crippen LogP contribution is -2.59. The SMILES string of the molecule is NCc1cccc(N2CC3(CCC3)C2)c1. The van der Waals surface area contributed by atoms with Crippen LogP contribution in [0.2, 0.25) is 0 Å². The van der Waals surface area contributed by atoms with Gasteiger partial charge in [-0.1, -0.05) is 18.6 Å². The molecule has 2 nitrogen and oxygen atoms in total. The number of rotatable bonds is 2. The fraction of sp³-hybridized carbons (Fsp3) is 0.538. The summed E-state index contributed by atoms with van der Waals surface area (Å²) in [6.45, 7) is 3.18. The van der Waals surface area contributed by atoms with E-state index in [0.717, 1.165) is 0 Å². The summed E-state index contributed by atoms with van der Waals surface area (Å²) >= 11 is 0. The van der Waals surface area contributed by atoms with Crippen LogP contribution in [-0.2, 0) is 6.54 Å². The Morgan fingerprint density at radius 1 is 1.27 bits per heavy atom. The lowest BCUT2D eigenvalue weighted by molar-refractivity contribution is 0.0904. The Morgan fingerprint density at radius 3 is 2.67 bits per heavy atom. The topological polar surface area (TPSA) is 29.3 Å². The van der Waals surface area contributed by atoms with Crippen LogP contribution in [0.15, 0.2) is 24.3 Å². The van der Waals surface area contributed by atoms with Crippen molar-refractivity contribution in [3.8, 4) is 0 Å². The Labute approximate surface area is 91.1 Å². The van der Waals surface area contributed by atoms with Crippen LogP contribution in [-0.4, -0.2) is 13.1 Å². The van der Waals surface area contributed by atoms with E-state index in [1.807, 2.05) is 0 Å². The normalized spacial score (nSPS) is 22.3. The molecule has 0 aromatic heterocycles. The van der Waals surface area contributed by atoms with Crippen molar-refractivity contribution in [1.82, 2.24) is 0 Å². The van der Waals surface area contributed by atoms with Crippen LogP contribution in [0.25, 0.3) is 0 Å². The first kappa shape index (κ1) is 9.22. The second-order valence-corrected chi connectivity index (χ2v) is 5.08. The molecule has 1 saturated carbocycles. The van der Waals surface area contributed by atoms with Gasteiger partial charge in [-0.2, -0.15) is 0 Å². The smallest absolute Gasteiger partial charge is 0.0369 e. The third kappa shape index (κ3) is 1.44. The van der Waals surface area contributed by atoms with Crippen LogP contribution in [0.3, 0.4) is 0 Å². The van der Waals surface area contributed by atoms with Gasteiger partial charge in [0.25, 0.3) is 0 Å². The number of anilines is 1. The van der Waals surface area contributed by atoms with Crippen LogP contribution in [0.1, 0.15) is 24.8 Å². The highest BCUT2D eigenvalue weighted by atomic mass is 15.2. The Kier molecular flexibility index (Phi) is 1.99. The predicted octanol–water partition coefficient (Wildman–Crippen LogP) is 2.14. The molecular weight excluding hydrogens is 184 g/mol. The zero-order valence-corrected chi connectivity index (χ0v) is 9.08. The van der Waals surface area contributed by atoms with E-state index in [-0.39, 0.29) is 0 Å². The summed E-state index contributed by atoms with van der Waals surface area (Å²) in [5, 5.41) is 0. The molecule has 1 aromatic rings. The summed E-state index contributed by atoms with van der Waals surface area (Å²) in [7, 11) is 0. The zero-order valence-electron chi connectivity index (χ0n) is 9.08. The number of hydrogen-bond acceptors (Lipinski definition) is 2. The van der Waals surface area contributed by atoms with Gasteiger partial charge in [0.1, 0.15) is 0 Å². The number of benzene rings is 1. The lowest BCUT2D eigenvalue weighted by Gasteiger charge is -2.57. The molecule has 2 heteroatoms. The molecule has 1 aliphatic heterocycles. The van der Waals surface area contributed by atoms with Gasteiger partial charge in [0.05, 0.1) is 0 Å². The Balaban J connectivity index is 1.72. The van der Waals surface area contributed by atoms with Gasteiger partial charge in [-0.25, -0.2) is 0 Å². The van der Waals surface area contributed by atoms with E-state index < -0.39 is 0 Å². The molecule has 0 unspecified atom stereocenters. The molecule has 1 spiro atoms. The third-order valence-corrected chi connectivity index (χ3v) is 3.98. The summed E-state index contributed by atoms with van der Waals surface area (Å²) in [6.07, 6.45) is 4.33. The molecule has 2 aliphatic rings. The fourth-order valence-electron chi connectivity index (χ4n) is 2.82. The van der Waals surface area contributed by atoms with E-state index in [4.69, 9.17) is 5.73 Å². The van der Waals surface area contributed by atoms with Crippen molar-refractivity contribution in [3.05, 3.63) is 29.8 Å². The highest BCUT2D eigenvalue weighted by Gasteiger charge is 2.47. The highest BCUT2D eigenvalue weighted by Crippen LogP contribution is 2.49. The summed E-state index contributed by atoms with van der Waals surface area (Å²) in [5.41, 5.74) is 8.95. The molecule has 1 aliphatic carbocycles. The number of nitrogens with two attached hydrogens (primary N) is 1. The van der Waals surface area contributed by atoms with Crippen molar-refractivity contribution in [2.24, 2.45) is 11.1 Å². The second kappa shape index (κ2) is 3.24. The van der Waals surface area contributed by atoms with Crippen LogP contribution < -0.4 is 10.6 Å². The van der Waals surface area contributed by atoms with Crippen LogP contribution in [0.4, 0.5) is 5.69 Å². The van der Waals surface area contributed by atoms with Crippen LogP contribution >= 0.6 is 0 Å². The van der Waals surface area contributed by atoms with Crippen LogP contribution in [0.5, 0.6) is 0 Å². The molecule has 1 heterocycles. The molecule has 80 valence electrons. The van der Waals surface area contributed by atoms with Gasteiger partial charge < -0.3 is 10.6 Å². The lowest BCUT2D eigenvalue weighted by atomic mass is 9.63. The minimum absolute atomic E-state index is 0.646. The molecule has 0 radical (unpaired) electrons. The van der Waals surface area contributed by atoms with Gasteiger partial charge in [0.2, 0.25) is 0 Å². The maximum absolute atomic E-state index is 5.65. The predicted molar refractivity (Wildman–Crippen MR) is 62.8 cm³/mol. The quantitative estimate of drug-likeness (QED) is 0.796. The van der Waals surface area contributed by atoms with Crippen molar-refractivity contribution in [2.45, 2.75) is 25.8 Å². The molecule has 0 atom stereocenters. The van der Waals surface area contributed by atoms with Crippen molar-refractivity contribution >= 4 is 5.69 Å². The molecule has 0 amide bonds. The standard InChI is InChI=1S/C13H18N2/c14-8-11-3-1-4-12(7-11)15-9-13(10-15)5-2-6-13/h1,3-4,7H,2,5-6,8-10,14H2. The third-order valence-electron chi connectivity index (χ3n) is 3.98. The van der Waals surface area contributed by atoms with Crippen molar-refractivity contribution in [1.29, 1.82) is 0 Å². The summed E-state index contributed by atoms with van der Waals surface area (Å²) in [6, 6.07) is 8.64. The maximum Gasteiger partial charge on any atom is 0.0369 e. The molecule has 1 saturated heterocycles. The van der Waals surface area contributed by atoms with Crippen molar-refractivity contribution < 1.29 is 0 Å². The average molecular weight is 202 g/mol. The van der Waals surface area contributed by atoms with E-state index in [0.29, 0.717) is 12.0 Å². The Bertz CT molecular complexity index is 361. The van der Waals surface area contributed by atoms with Gasteiger partial charge in [-0.05, 0) is 30.5 Å². The van der Waals surface area contributed by atoms with Gasteiger partial charge in [-0.15, -0.1) is 0 Å². The van der Waals surface area contributed by atoms with Crippen molar-refractivity contribution in [2.75, 3.05) is 18.0 Å². The van der Waals surface area contributed by atoms with Gasteiger partial charge in [0.15, 0.2) is 0 Å². The molecule has 0 bridgehead atoms. The van der Waals surface area contributed by atoms with Gasteiger partial charge in [0, 0.05) is 30.7 Å². The van der Waals surface area contributed by atoms with E-state index in [1.54, 1.807) is 0 Å². The number of nitrogens with zero attached hydrogens (tertiary/aromatic N) is 1. The molecular formula is C13H18N2. The second-order valence-electron chi connectivity index (χ2n) is 5.08. The highest BCUT2D eigenvalue weighted by molar-refractivity contribution is 5.52. The molecule has 15 heavy (non-hydrogen) atoms. The largest absolute Gasteiger partial charge is 0.370 e. The van der Waals surface area contributed by atoms with Gasteiger partial charge >= 0.3 is 0 Å². The zero-order chi connectivity index (χ0) is 10.3. The van der Waals surface area contributed by atoms with E-state index in [9.17, 15) is 0 Å². The maximum atomic E-state index is 5.65. The molecule has 1 aromatic carbocycles. The minimum Gasteiger partial charge on any atom is -0.370 e. The molecule has 2 N–H and O–H groups in total. The van der Waals surface area contributed by atoms with Crippen molar-refractivity contribution in [3.63, 3.8) is 0 Å². The monoisotopic (exact) mass is 202 g/mol. The van der Waals surface area contributed by atoms with E-state index in [2.05, 4.69) is 29.2 Å².